The van der Waals surface area contributed by atoms with Gasteiger partial charge in [0.15, 0.2) is 5.96 Å². The van der Waals surface area contributed by atoms with Gasteiger partial charge >= 0.3 is 0 Å². The highest BCUT2D eigenvalue weighted by atomic mass is 127. The number of nitrogens with zero attached hydrogens (tertiary/aromatic N) is 2. The van der Waals surface area contributed by atoms with Gasteiger partial charge in [-0.1, -0.05) is 25.3 Å². The van der Waals surface area contributed by atoms with Gasteiger partial charge in [-0.25, -0.2) is 0 Å². The van der Waals surface area contributed by atoms with Crippen LogP contribution in [0.5, 0.6) is 11.5 Å². The second-order valence-electron chi connectivity index (χ2n) is 7.98. The molecule has 0 atom stereocenters. The van der Waals surface area contributed by atoms with Crippen molar-refractivity contribution in [3.8, 4) is 11.5 Å². The summed E-state index contributed by atoms with van der Waals surface area (Å²) in [7, 11) is 3.41. The second-order valence-corrected chi connectivity index (χ2v) is 7.98. The molecular weight excluding hydrogens is 495 g/mol. The zero-order valence-electron chi connectivity index (χ0n) is 18.3. The third-order valence-corrected chi connectivity index (χ3v) is 6.25. The topological polar surface area (TPSA) is 78.4 Å². The Bertz CT molecular complexity index is 674. The summed E-state index contributed by atoms with van der Waals surface area (Å²) in [5.41, 5.74) is 1.10. The molecule has 2 fully saturated rings. The number of rotatable bonds is 7. The molecule has 0 aromatic heterocycles. The van der Waals surface area contributed by atoms with Gasteiger partial charge in [0.2, 0.25) is 0 Å². The fraction of sp³-hybridized carbons (Fsp3) is 0.682. The number of morpholine rings is 1. The minimum Gasteiger partial charge on any atom is -0.508 e. The summed E-state index contributed by atoms with van der Waals surface area (Å²) in [6.45, 7) is 5.31. The average molecular weight is 532 g/mol. The van der Waals surface area contributed by atoms with Gasteiger partial charge in [0.1, 0.15) is 11.5 Å². The van der Waals surface area contributed by atoms with Crippen molar-refractivity contribution >= 4 is 29.9 Å². The molecule has 1 saturated carbocycles. The van der Waals surface area contributed by atoms with Gasteiger partial charge in [0.05, 0.1) is 20.3 Å². The molecule has 1 heterocycles. The monoisotopic (exact) mass is 532 g/mol. The number of nitrogens with one attached hydrogen (secondary N) is 2. The first-order valence-corrected chi connectivity index (χ1v) is 10.8. The van der Waals surface area contributed by atoms with Crippen LogP contribution in [-0.2, 0) is 11.2 Å². The fourth-order valence-electron chi connectivity index (χ4n) is 4.52. The Hall–Kier alpha value is -1.26. The van der Waals surface area contributed by atoms with E-state index in [0.29, 0.717) is 18.7 Å². The van der Waals surface area contributed by atoms with Crippen molar-refractivity contribution < 1.29 is 14.6 Å². The summed E-state index contributed by atoms with van der Waals surface area (Å²) in [6.07, 6.45) is 7.10. The van der Waals surface area contributed by atoms with Crippen LogP contribution in [0.25, 0.3) is 0 Å². The summed E-state index contributed by atoms with van der Waals surface area (Å²) in [4.78, 5) is 7.03. The molecule has 0 unspecified atom stereocenters. The molecule has 1 aromatic carbocycles. The van der Waals surface area contributed by atoms with Crippen LogP contribution in [0.15, 0.2) is 23.2 Å². The standard InChI is InChI=1S/C22H36N4O3.HI/c1-23-21(24-11-8-18-6-7-19(28-2)16-20(18)27)25-17-22(9-4-3-5-10-22)26-12-14-29-15-13-26;/h6-7,16,27H,3-5,8-15,17H2,1-2H3,(H2,23,24,25);1H. The molecule has 0 bridgehead atoms. The molecule has 2 aliphatic rings. The minimum absolute atomic E-state index is 0. The first kappa shape index (κ1) is 25.0. The Morgan fingerprint density at radius 2 is 1.93 bits per heavy atom. The number of methoxy groups -OCH3 is 1. The van der Waals surface area contributed by atoms with Gasteiger partial charge < -0.3 is 25.2 Å². The lowest BCUT2D eigenvalue weighted by Gasteiger charge is -2.48. The lowest BCUT2D eigenvalue weighted by atomic mass is 9.80. The average Bonchev–Trinajstić information content (AvgIpc) is 2.78. The van der Waals surface area contributed by atoms with E-state index in [0.717, 1.165) is 44.4 Å². The normalized spacial score (nSPS) is 19.6. The van der Waals surface area contributed by atoms with Crippen LogP contribution in [0, 0.1) is 0 Å². The van der Waals surface area contributed by atoms with Crippen molar-refractivity contribution in [2.45, 2.75) is 44.1 Å². The summed E-state index contributed by atoms with van der Waals surface area (Å²) in [5, 5.41) is 17.1. The number of phenolic OH excluding ortho intramolecular Hbond substituents is 1. The van der Waals surface area contributed by atoms with Crippen molar-refractivity contribution in [1.82, 2.24) is 15.5 Å². The van der Waals surface area contributed by atoms with E-state index >= 15 is 0 Å². The Balaban J connectivity index is 0.00000320. The van der Waals surface area contributed by atoms with Crippen molar-refractivity contribution in [3.05, 3.63) is 23.8 Å². The number of hydrogen-bond donors (Lipinski definition) is 3. The van der Waals surface area contributed by atoms with E-state index in [1.807, 2.05) is 19.2 Å². The highest BCUT2D eigenvalue weighted by molar-refractivity contribution is 14.0. The number of benzene rings is 1. The van der Waals surface area contributed by atoms with E-state index in [2.05, 4.69) is 20.5 Å². The molecule has 0 amide bonds. The lowest BCUT2D eigenvalue weighted by molar-refractivity contribution is -0.0352. The molecule has 1 aliphatic carbocycles. The van der Waals surface area contributed by atoms with E-state index in [1.165, 1.54) is 32.1 Å². The number of hydrogen-bond acceptors (Lipinski definition) is 5. The predicted molar refractivity (Wildman–Crippen MR) is 131 cm³/mol. The number of aromatic hydroxyl groups is 1. The first-order chi connectivity index (χ1) is 14.2. The molecule has 1 aromatic rings. The Kier molecular flexibility index (Phi) is 10.5. The SMILES string of the molecule is CN=C(NCCc1ccc(OC)cc1O)NCC1(N2CCOCC2)CCCCC1.I. The van der Waals surface area contributed by atoms with Crippen LogP contribution >= 0.6 is 24.0 Å². The zero-order chi connectivity index (χ0) is 20.5. The Morgan fingerprint density at radius 1 is 1.20 bits per heavy atom. The minimum atomic E-state index is 0. The summed E-state index contributed by atoms with van der Waals surface area (Å²) in [5.74, 6) is 1.75. The van der Waals surface area contributed by atoms with E-state index in [9.17, 15) is 5.11 Å². The van der Waals surface area contributed by atoms with E-state index in [-0.39, 0.29) is 35.3 Å². The molecule has 30 heavy (non-hydrogen) atoms. The number of aliphatic imine (C=N–C) groups is 1. The highest BCUT2D eigenvalue weighted by Gasteiger charge is 2.38. The molecule has 3 N–H and O–H groups in total. The fourth-order valence-corrected chi connectivity index (χ4v) is 4.52. The number of phenols is 1. The van der Waals surface area contributed by atoms with Crippen LogP contribution in [0.2, 0.25) is 0 Å². The van der Waals surface area contributed by atoms with Crippen LogP contribution in [0.4, 0.5) is 0 Å². The van der Waals surface area contributed by atoms with Crippen LogP contribution in [-0.4, -0.2) is 75.1 Å². The number of halogens is 1. The Labute approximate surface area is 197 Å². The maximum Gasteiger partial charge on any atom is 0.191 e. The van der Waals surface area contributed by atoms with Gasteiger partial charge in [0, 0.05) is 44.8 Å². The number of ether oxygens (including phenoxy) is 2. The van der Waals surface area contributed by atoms with Crippen LogP contribution in [0.3, 0.4) is 0 Å². The maximum absolute atomic E-state index is 10.1. The molecule has 1 saturated heterocycles. The molecule has 0 spiro atoms. The largest absolute Gasteiger partial charge is 0.508 e. The lowest BCUT2D eigenvalue weighted by Crippen LogP contribution is -2.60. The molecular formula is C22H37IN4O3. The van der Waals surface area contributed by atoms with Crippen LogP contribution < -0.4 is 15.4 Å². The zero-order valence-corrected chi connectivity index (χ0v) is 20.6. The quantitative estimate of drug-likeness (QED) is 0.285. The molecule has 0 radical (unpaired) electrons. The third-order valence-electron chi connectivity index (χ3n) is 6.25. The molecule has 3 rings (SSSR count). The van der Waals surface area contributed by atoms with Gasteiger partial charge in [-0.05, 0) is 30.9 Å². The first-order valence-electron chi connectivity index (χ1n) is 10.8. The van der Waals surface area contributed by atoms with Gasteiger partial charge in [-0.15, -0.1) is 24.0 Å². The summed E-state index contributed by atoms with van der Waals surface area (Å²) >= 11 is 0. The molecule has 170 valence electrons. The Morgan fingerprint density at radius 3 is 2.57 bits per heavy atom. The second kappa shape index (κ2) is 12.6. The van der Waals surface area contributed by atoms with Gasteiger partial charge in [0.25, 0.3) is 0 Å². The summed E-state index contributed by atoms with van der Waals surface area (Å²) < 4.78 is 10.7. The molecule has 8 heteroatoms. The van der Waals surface area contributed by atoms with Gasteiger partial charge in [-0.2, -0.15) is 0 Å². The highest BCUT2D eigenvalue weighted by Crippen LogP contribution is 2.33. The molecule has 1 aliphatic heterocycles. The van der Waals surface area contributed by atoms with Crippen molar-refractivity contribution in [3.63, 3.8) is 0 Å². The smallest absolute Gasteiger partial charge is 0.191 e. The van der Waals surface area contributed by atoms with Crippen LogP contribution in [0.1, 0.15) is 37.7 Å². The maximum atomic E-state index is 10.1. The van der Waals surface area contributed by atoms with E-state index in [1.54, 1.807) is 13.2 Å². The summed E-state index contributed by atoms with van der Waals surface area (Å²) in [6, 6.07) is 5.43. The van der Waals surface area contributed by atoms with Crippen molar-refractivity contribution in [2.75, 3.05) is 53.6 Å². The third kappa shape index (κ3) is 6.62. The van der Waals surface area contributed by atoms with E-state index in [4.69, 9.17) is 9.47 Å². The number of guanidine groups is 1. The van der Waals surface area contributed by atoms with Gasteiger partial charge in [-0.3, -0.25) is 9.89 Å². The predicted octanol–water partition coefficient (Wildman–Crippen LogP) is 2.76. The van der Waals surface area contributed by atoms with Crippen molar-refractivity contribution in [2.24, 2.45) is 4.99 Å². The van der Waals surface area contributed by atoms with E-state index < -0.39 is 0 Å². The molecule has 7 nitrogen and oxygen atoms in total. The van der Waals surface area contributed by atoms with Crippen molar-refractivity contribution in [1.29, 1.82) is 0 Å².